The average molecular weight is 547 g/mol. The lowest BCUT2D eigenvalue weighted by atomic mass is 10.1. The van der Waals surface area contributed by atoms with Crippen molar-refractivity contribution in [3.05, 3.63) is 108 Å². The Morgan fingerprint density at radius 1 is 0.854 bits per heavy atom. The molecular formula is C32H34N8O. The smallest absolute Gasteiger partial charge is 0.321 e. The number of nitrogens with zero attached hydrogens (tertiary/aromatic N) is 6. The molecule has 9 nitrogen and oxygen atoms in total. The number of hydrogen-bond donors (Lipinski definition) is 2. The van der Waals surface area contributed by atoms with Gasteiger partial charge in [-0.3, -0.25) is 0 Å². The number of aryl methyl sites for hydroxylation is 1. The van der Waals surface area contributed by atoms with Crippen molar-refractivity contribution in [2.75, 3.05) is 48.3 Å². The van der Waals surface area contributed by atoms with Crippen LogP contribution in [0.25, 0.3) is 11.2 Å². The van der Waals surface area contributed by atoms with Crippen molar-refractivity contribution in [1.82, 2.24) is 24.4 Å². The number of amides is 2. The standard InChI is InChI=1S/C32H34N8O/c1-24-9-8-14-27(21-24)35-32(41)39-19-17-38(18-20-39)31-36-29(33-16-15-25-10-4-2-5-11-25)28-30(37-31)40(23-34-28)22-26-12-6-3-7-13-26/h2-14,21,23H,15-20,22H2,1H3,(H,35,41)(H,33,36,37). The maximum absolute atomic E-state index is 12.9. The van der Waals surface area contributed by atoms with E-state index in [4.69, 9.17) is 15.0 Å². The Kier molecular flexibility index (Phi) is 7.75. The molecule has 1 fully saturated rings. The summed E-state index contributed by atoms with van der Waals surface area (Å²) in [5, 5.41) is 6.54. The topological polar surface area (TPSA) is 91.2 Å². The highest BCUT2D eigenvalue weighted by molar-refractivity contribution is 5.89. The summed E-state index contributed by atoms with van der Waals surface area (Å²) in [7, 11) is 0. The molecule has 208 valence electrons. The van der Waals surface area contributed by atoms with Gasteiger partial charge in [0.15, 0.2) is 17.0 Å². The fourth-order valence-electron chi connectivity index (χ4n) is 5.10. The molecule has 5 aromatic rings. The van der Waals surface area contributed by atoms with Gasteiger partial charge in [-0.1, -0.05) is 72.8 Å². The van der Waals surface area contributed by atoms with Gasteiger partial charge in [0.2, 0.25) is 5.95 Å². The van der Waals surface area contributed by atoms with Gasteiger partial charge in [-0.15, -0.1) is 0 Å². The Balaban J connectivity index is 1.20. The van der Waals surface area contributed by atoms with Crippen LogP contribution in [0.5, 0.6) is 0 Å². The molecule has 0 unspecified atom stereocenters. The molecule has 3 heterocycles. The normalized spacial score (nSPS) is 13.4. The number of hydrogen-bond acceptors (Lipinski definition) is 6. The quantitative estimate of drug-likeness (QED) is 0.278. The SMILES string of the molecule is Cc1cccc(NC(=O)N2CCN(c3nc(NCCc4ccccc4)c4ncn(Cc5ccccc5)c4n3)CC2)c1. The molecule has 0 bridgehead atoms. The molecule has 41 heavy (non-hydrogen) atoms. The summed E-state index contributed by atoms with van der Waals surface area (Å²) >= 11 is 0. The summed E-state index contributed by atoms with van der Waals surface area (Å²) in [5.41, 5.74) is 5.91. The molecule has 0 saturated carbocycles. The van der Waals surface area contributed by atoms with Crippen LogP contribution in [0.3, 0.4) is 0 Å². The van der Waals surface area contributed by atoms with Gasteiger partial charge in [-0.2, -0.15) is 9.97 Å². The number of rotatable bonds is 8. The molecule has 1 aliphatic rings. The molecule has 9 heteroatoms. The summed E-state index contributed by atoms with van der Waals surface area (Å²) in [5.74, 6) is 1.38. The first-order valence-corrected chi connectivity index (χ1v) is 14.0. The number of piperazine rings is 1. The maximum atomic E-state index is 12.9. The van der Waals surface area contributed by atoms with E-state index in [1.807, 2.05) is 66.7 Å². The number of imidazole rings is 1. The van der Waals surface area contributed by atoms with E-state index in [0.29, 0.717) is 38.7 Å². The van der Waals surface area contributed by atoms with Crippen LogP contribution in [0.1, 0.15) is 16.7 Å². The van der Waals surface area contributed by atoms with Crippen LogP contribution in [0.15, 0.2) is 91.3 Å². The lowest BCUT2D eigenvalue weighted by Crippen LogP contribution is -2.50. The van der Waals surface area contributed by atoms with E-state index in [9.17, 15) is 4.79 Å². The average Bonchev–Trinajstić information content (AvgIpc) is 3.41. The minimum Gasteiger partial charge on any atom is -0.368 e. The number of nitrogens with one attached hydrogen (secondary N) is 2. The number of anilines is 3. The molecule has 3 aromatic carbocycles. The summed E-state index contributed by atoms with van der Waals surface area (Å²) in [4.78, 5) is 31.5. The molecule has 0 atom stereocenters. The van der Waals surface area contributed by atoms with Gasteiger partial charge < -0.3 is 25.0 Å². The van der Waals surface area contributed by atoms with Crippen LogP contribution in [-0.2, 0) is 13.0 Å². The zero-order chi connectivity index (χ0) is 28.0. The molecule has 0 spiro atoms. The second kappa shape index (κ2) is 12.1. The largest absolute Gasteiger partial charge is 0.368 e. The Morgan fingerprint density at radius 3 is 2.32 bits per heavy atom. The number of urea groups is 1. The van der Waals surface area contributed by atoms with Crippen molar-refractivity contribution in [2.24, 2.45) is 0 Å². The van der Waals surface area contributed by atoms with Gasteiger partial charge in [0.25, 0.3) is 0 Å². The van der Waals surface area contributed by atoms with Crippen molar-refractivity contribution >= 4 is 34.6 Å². The maximum Gasteiger partial charge on any atom is 0.321 e. The monoisotopic (exact) mass is 546 g/mol. The van der Waals surface area contributed by atoms with E-state index in [1.165, 1.54) is 11.1 Å². The fourth-order valence-corrected chi connectivity index (χ4v) is 5.10. The third-order valence-corrected chi connectivity index (χ3v) is 7.32. The van der Waals surface area contributed by atoms with Gasteiger partial charge in [0.05, 0.1) is 12.9 Å². The molecule has 2 amide bonds. The van der Waals surface area contributed by atoms with Crippen molar-refractivity contribution in [2.45, 2.75) is 19.9 Å². The minimum absolute atomic E-state index is 0.0872. The number of benzene rings is 3. The first kappa shape index (κ1) is 26.3. The lowest BCUT2D eigenvalue weighted by molar-refractivity contribution is 0.208. The first-order valence-electron chi connectivity index (χ1n) is 14.0. The molecule has 1 saturated heterocycles. The van der Waals surface area contributed by atoms with Crippen molar-refractivity contribution in [1.29, 1.82) is 0 Å². The van der Waals surface area contributed by atoms with Crippen LogP contribution < -0.4 is 15.5 Å². The minimum atomic E-state index is -0.0872. The number of aromatic nitrogens is 4. The highest BCUT2D eigenvalue weighted by Crippen LogP contribution is 2.24. The van der Waals surface area contributed by atoms with E-state index in [2.05, 4.69) is 56.5 Å². The Morgan fingerprint density at radius 2 is 1.59 bits per heavy atom. The van der Waals surface area contributed by atoms with Crippen LogP contribution in [0, 0.1) is 6.92 Å². The number of carbonyl (C=O) groups is 1. The van der Waals surface area contributed by atoms with Gasteiger partial charge >= 0.3 is 6.03 Å². The summed E-state index contributed by atoms with van der Waals surface area (Å²) in [6, 6.07) is 28.5. The van der Waals surface area contributed by atoms with Gasteiger partial charge in [-0.05, 0) is 42.2 Å². The van der Waals surface area contributed by atoms with Crippen LogP contribution in [0.4, 0.5) is 22.2 Å². The molecule has 1 aliphatic heterocycles. The third-order valence-electron chi connectivity index (χ3n) is 7.32. The second-order valence-electron chi connectivity index (χ2n) is 10.3. The van der Waals surface area contributed by atoms with Crippen molar-refractivity contribution in [3.8, 4) is 0 Å². The summed E-state index contributed by atoms with van der Waals surface area (Å²) < 4.78 is 2.07. The second-order valence-corrected chi connectivity index (χ2v) is 10.3. The summed E-state index contributed by atoms with van der Waals surface area (Å²) in [6.45, 7) is 5.87. The third kappa shape index (κ3) is 6.30. The number of fused-ring (bicyclic) bond motifs is 1. The summed E-state index contributed by atoms with van der Waals surface area (Å²) in [6.07, 6.45) is 2.72. The van der Waals surface area contributed by atoms with Gasteiger partial charge in [0.1, 0.15) is 0 Å². The van der Waals surface area contributed by atoms with E-state index >= 15 is 0 Å². The molecule has 0 aliphatic carbocycles. The van der Waals surface area contributed by atoms with Gasteiger partial charge in [0, 0.05) is 38.4 Å². The highest BCUT2D eigenvalue weighted by Gasteiger charge is 2.24. The van der Waals surface area contributed by atoms with E-state index in [1.54, 1.807) is 0 Å². The fraction of sp³-hybridized carbons (Fsp3) is 0.250. The van der Waals surface area contributed by atoms with E-state index in [0.717, 1.165) is 41.2 Å². The van der Waals surface area contributed by atoms with Crippen LogP contribution >= 0.6 is 0 Å². The van der Waals surface area contributed by atoms with Gasteiger partial charge in [-0.25, -0.2) is 9.78 Å². The zero-order valence-corrected chi connectivity index (χ0v) is 23.2. The first-order chi connectivity index (χ1) is 20.1. The Bertz CT molecular complexity index is 1610. The van der Waals surface area contributed by atoms with Crippen LogP contribution in [-0.4, -0.2) is 63.2 Å². The van der Waals surface area contributed by atoms with Crippen molar-refractivity contribution in [3.63, 3.8) is 0 Å². The molecule has 2 N–H and O–H groups in total. The molecule has 6 rings (SSSR count). The Labute approximate surface area is 239 Å². The predicted octanol–water partition coefficient (Wildman–Crippen LogP) is 5.19. The zero-order valence-electron chi connectivity index (χ0n) is 23.2. The molecule has 2 aromatic heterocycles. The van der Waals surface area contributed by atoms with Crippen molar-refractivity contribution < 1.29 is 4.79 Å². The molecular weight excluding hydrogens is 512 g/mol. The van der Waals surface area contributed by atoms with Crippen LogP contribution in [0.2, 0.25) is 0 Å². The van der Waals surface area contributed by atoms with E-state index in [-0.39, 0.29) is 6.03 Å². The van der Waals surface area contributed by atoms with E-state index < -0.39 is 0 Å². The predicted molar refractivity (Wildman–Crippen MR) is 163 cm³/mol. The highest BCUT2D eigenvalue weighted by atomic mass is 16.2. The lowest BCUT2D eigenvalue weighted by Gasteiger charge is -2.34. The Hall–Kier alpha value is -4.92. The number of carbonyl (C=O) groups excluding carboxylic acids is 1. The molecule has 0 radical (unpaired) electrons.